The molecule has 0 saturated heterocycles. The number of rotatable bonds is 8. The van der Waals surface area contributed by atoms with E-state index in [0.29, 0.717) is 23.3 Å². The van der Waals surface area contributed by atoms with Gasteiger partial charge in [-0.05, 0) is 37.6 Å². The van der Waals surface area contributed by atoms with Gasteiger partial charge in [-0.3, -0.25) is 0 Å². The van der Waals surface area contributed by atoms with E-state index in [1.807, 2.05) is 0 Å². The van der Waals surface area contributed by atoms with Crippen LogP contribution in [0, 0.1) is 11.8 Å². The summed E-state index contributed by atoms with van der Waals surface area (Å²) in [4.78, 5) is 0. The molecule has 0 spiro atoms. The number of hydrogen-bond acceptors (Lipinski definition) is 3. The van der Waals surface area contributed by atoms with Gasteiger partial charge in [0.25, 0.3) is 0 Å². The Morgan fingerprint density at radius 1 is 1.16 bits per heavy atom. The van der Waals surface area contributed by atoms with E-state index in [9.17, 15) is 8.42 Å². The Labute approximate surface area is 119 Å². The molecule has 1 aliphatic rings. The Balaban J connectivity index is 2.55. The van der Waals surface area contributed by atoms with Gasteiger partial charge >= 0.3 is 0 Å². The van der Waals surface area contributed by atoms with Crippen LogP contribution in [0.15, 0.2) is 0 Å². The molecular formula is C15H31NO2S. The van der Waals surface area contributed by atoms with E-state index in [0.717, 1.165) is 13.0 Å². The molecule has 1 atom stereocenters. The highest BCUT2D eigenvalue weighted by Gasteiger charge is 2.27. The van der Waals surface area contributed by atoms with E-state index in [1.54, 1.807) is 0 Å². The zero-order valence-electron chi connectivity index (χ0n) is 12.8. The summed E-state index contributed by atoms with van der Waals surface area (Å²) < 4.78 is 24.4. The third kappa shape index (κ3) is 6.75. The SMILES string of the molecule is CCNC(CS(=O)(=O)CCC(C)C)C1CCCCC1. The highest BCUT2D eigenvalue weighted by atomic mass is 32.2. The van der Waals surface area contributed by atoms with Gasteiger partial charge in [-0.2, -0.15) is 0 Å². The zero-order valence-corrected chi connectivity index (χ0v) is 13.6. The van der Waals surface area contributed by atoms with Crippen molar-refractivity contribution in [3.63, 3.8) is 0 Å². The Hall–Kier alpha value is -0.0900. The molecule has 1 rings (SSSR count). The van der Waals surface area contributed by atoms with Crippen LogP contribution in [-0.2, 0) is 9.84 Å². The fourth-order valence-corrected chi connectivity index (χ4v) is 4.87. The summed E-state index contributed by atoms with van der Waals surface area (Å²) in [6.07, 6.45) is 7.01. The Kier molecular flexibility index (Phi) is 7.37. The molecule has 1 unspecified atom stereocenters. The highest BCUT2D eigenvalue weighted by Crippen LogP contribution is 2.27. The first kappa shape index (κ1) is 17.0. The summed E-state index contributed by atoms with van der Waals surface area (Å²) in [6, 6.07) is 0.169. The van der Waals surface area contributed by atoms with Gasteiger partial charge in [0.05, 0.1) is 11.5 Å². The lowest BCUT2D eigenvalue weighted by Gasteiger charge is -2.30. The van der Waals surface area contributed by atoms with Crippen LogP contribution >= 0.6 is 0 Å². The lowest BCUT2D eigenvalue weighted by atomic mass is 9.84. The van der Waals surface area contributed by atoms with Gasteiger partial charge in [-0.15, -0.1) is 0 Å². The molecule has 0 bridgehead atoms. The topological polar surface area (TPSA) is 46.2 Å². The van der Waals surface area contributed by atoms with Crippen molar-refractivity contribution in [2.24, 2.45) is 11.8 Å². The monoisotopic (exact) mass is 289 g/mol. The van der Waals surface area contributed by atoms with Crippen molar-refractivity contribution >= 4 is 9.84 Å². The van der Waals surface area contributed by atoms with Gasteiger partial charge in [0.2, 0.25) is 0 Å². The molecule has 0 heterocycles. The second-order valence-electron chi connectivity index (χ2n) is 6.36. The molecule has 1 N–H and O–H groups in total. The molecule has 0 aromatic rings. The van der Waals surface area contributed by atoms with Gasteiger partial charge in [0, 0.05) is 6.04 Å². The number of hydrogen-bond donors (Lipinski definition) is 1. The molecular weight excluding hydrogens is 258 g/mol. The van der Waals surface area contributed by atoms with Crippen LogP contribution in [0.25, 0.3) is 0 Å². The molecule has 1 aliphatic carbocycles. The van der Waals surface area contributed by atoms with Crippen molar-refractivity contribution < 1.29 is 8.42 Å². The van der Waals surface area contributed by atoms with Gasteiger partial charge in [-0.1, -0.05) is 40.0 Å². The van der Waals surface area contributed by atoms with Crippen LogP contribution in [0.5, 0.6) is 0 Å². The average molecular weight is 289 g/mol. The zero-order chi connectivity index (χ0) is 14.3. The maximum absolute atomic E-state index is 12.2. The maximum atomic E-state index is 12.2. The molecule has 114 valence electrons. The van der Waals surface area contributed by atoms with Crippen LogP contribution in [0.4, 0.5) is 0 Å². The van der Waals surface area contributed by atoms with E-state index < -0.39 is 9.84 Å². The number of nitrogens with one attached hydrogen (secondary N) is 1. The van der Waals surface area contributed by atoms with Crippen LogP contribution < -0.4 is 5.32 Å². The minimum absolute atomic E-state index is 0.169. The van der Waals surface area contributed by atoms with Crippen molar-refractivity contribution in [1.82, 2.24) is 5.32 Å². The standard InChI is InChI=1S/C15H31NO2S/c1-4-16-15(14-8-6-5-7-9-14)12-19(17,18)11-10-13(2)3/h13-16H,4-12H2,1-3H3. The molecule has 3 nitrogen and oxygen atoms in total. The highest BCUT2D eigenvalue weighted by molar-refractivity contribution is 7.91. The normalized spacial score (nSPS) is 19.8. The Morgan fingerprint density at radius 3 is 2.32 bits per heavy atom. The number of sulfone groups is 1. The molecule has 4 heteroatoms. The van der Waals surface area contributed by atoms with Gasteiger partial charge in [0.1, 0.15) is 0 Å². The lowest BCUT2D eigenvalue weighted by molar-refractivity contribution is 0.285. The first-order valence-electron chi connectivity index (χ1n) is 7.88. The smallest absolute Gasteiger partial charge is 0.151 e. The summed E-state index contributed by atoms with van der Waals surface area (Å²) in [5.74, 6) is 1.70. The van der Waals surface area contributed by atoms with Crippen molar-refractivity contribution in [1.29, 1.82) is 0 Å². The molecule has 0 aromatic heterocycles. The second-order valence-corrected chi connectivity index (χ2v) is 8.59. The van der Waals surface area contributed by atoms with Crippen molar-refractivity contribution in [2.45, 2.75) is 65.3 Å². The molecule has 1 fully saturated rings. The summed E-state index contributed by atoms with van der Waals surface area (Å²) in [5.41, 5.74) is 0. The summed E-state index contributed by atoms with van der Waals surface area (Å²) in [5, 5.41) is 3.42. The minimum atomic E-state index is -2.91. The minimum Gasteiger partial charge on any atom is -0.313 e. The molecule has 0 amide bonds. The fourth-order valence-electron chi connectivity index (χ4n) is 2.93. The molecule has 0 aromatic carbocycles. The van der Waals surface area contributed by atoms with Gasteiger partial charge in [-0.25, -0.2) is 8.42 Å². The third-order valence-corrected chi connectivity index (χ3v) is 5.85. The Bertz CT molecular complexity index is 332. The first-order valence-corrected chi connectivity index (χ1v) is 9.70. The van der Waals surface area contributed by atoms with Gasteiger partial charge < -0.3 is 5.32 Å². The van der Waals surface area contributed by atoms with E-state index >= 15 is 0 Å². The van der Waals surface area contributed by atoms with E-state index in [4.69, 9.17) is 0 Å². The van der Waals surface area contributed by atoms with Gasteiger partial charge in [0.15, 0.2) is 9.84 Å². The summed E-state index contributed by atoms with van der Waals surface area (Å²) in [6.45, 7) is 7.09. The third-order valence-electron chi connectivity index (χ3n) is 4.12. The molecule has 0 aliphatic heterocycles. The second kappa shape index (κ2) is 8.25. The predicted molar refractivity (Wildman–Crippen MR) is 82.1 cm³/mol. The molecule has 0 radical (unpaired) electrons. The summed E-state index contributed by atoms with van der Waals surface area (Å²) >= 11 is 0. The first-order chi connectivity index (χ1) is 8.94. The van der Waals surface area contributed by atoms with E-state index in [-0.39, 0.29) is 6.04 Å². The Morgan fingerprint density at radius 2 is 1.79 bits per heavy atom. The van der Waals surface area contributed by atoms with Crippen molar-refractivity contribution in [3.8, 4) is 0 Å². The van der Waals surface area contributed by atoms with Crippen molar-refractivity contribution in [3.05, 3.63) is 0 Å². The average Bonchev–Trinajstić information content (AvgIpc) is 2.37. The van der Waals surface area contributed by atoms with E-state index in [2.05, 4.69) is 26.1 Å². The fraction of sp³-hybridized carbons (Fsp3) is 1.00. The molecule has 19 heavy (non-hydrogen) atoms. The predicted octanol–water partition coefficient (Wildman–Crippen LogP) is 3.01. The molecule has 1 saturated carbocycles. The van der Waals surface area contributed by atoms with Crippen LogP contribution in [0.3, 0.4) is 0 Å². The van der Waals surface area contributed by atoms with Crippen molar-refractivity contribution in [2.75, 3.05) is 18.1 Å². The van der Waals surface area contributed by atoms with Crippen LogP contribution in [-0.4, -0.2) is 32.5 Å². The van der Waals surface area contributed by atoms with Crippen LogP contribution in [0.1, 0.15) is 59.3 Å². The quantitative estimate of drug-likeness (QED) is 0.747. The summed E-state index contributed by atoms with van der Waals surface area (Å²) in [7, 11) is -2.91. The largest absolute Gasteiger partial charge is 0.313 e. The van der Waals surface area contributed by atoms with E-state index in [1.165, 1.54) is 32.1 Å². The van der Waals surface area contributed by atoms with Crippen LogP contribution in [0.2, 0.25) is 0 Å². The maximum Gasteiger partial charge on any atom is 0.151 e. The lowest BCUT2D eigenvalue weighted by Crippen LogP contribution is -2.43.